The molecule has 1 aliphatic heterocycles. The molecule has 1 aromatic rings. The average Bonchev–Trinajstić information content (AvgIpc) is 3.01. The highest BCUT2D eigenvalue weighted by molar-refractivity contribution is 14.0. The van der Waals surface area contributed by atoms with Gasteiger partial charge in [0, 0.05) is 51.7 Å². The maximum absolute atomic E-state index is 4.34. The minimum Gasteiger partial charge on any atom is -0.355 e. The summed E-state index contributed by atoms with van der Waals surface area (Å²) in [5.41, 5.74) is 0. The number of rotatable bonds is 6. The van der Waals surface area contributed by atoms with E-state index in [1.165, 1.54) is 12.8 Å². The Kier molecular flexibility index (Phi) is 9.57. The van der Waals surface area contributed by atoms with Gasteiger partial charge in [-0.15, -0.1) is 34.2 Å². The van der Waals surface area contributed by atoms with E-state index in [4.69, 9.17) is 0 Å². The van der Waals surface area contributed by atoms with Crippen LogP contribution in [0.25, 0.3) is 0 Å². The summed E-state index contributed by atoms with van der Waals surface area (Å²) < 4.78 is 2.08. The van der Waals surface area contributed by atoms with Crippen molar-refractivity contribution < 1.29 is 0 Å². The van der Waals surface area contributed by atoms with E-state index in [0.29, 0.717) is 12.1 Å². The maximum Gasteiger partial charge on any atom is 0.191 e. The summed E-state index contributed by atoms with van der Waals surface area (Å²) in [4.78, 5) is 6.87. The number of aryl methyl sites for hydroxylation is 1. The van der Waals surface area contributed by atoms with E-state index in [-0.39, 0.29) is 24.0 Å². The summed E-state index contributed by atoms with van der Waals surface area (Å²) in [6.07, 6.45) is 5.04. The second kappa shape index (κ2) is 10.9. The summed E-state index contributed by atoms with van der Waals surface area (Å²) in [6.45, 7) is 10.6. The van der Waals surface area contributed by atoms with Gasteiger partial charge in [0.05, 0.1) is 0 Å². The molecule has 1 aliphatic rings. The molecular weight excluding hydrogens is 417 g/mol. The minimum absolute atomic E-state index is 0. The van der Waals surface area contributed by atoms with E-state index < -0.39 is 0 Å². The van der Waals surface area contributed by atoms with Crippen molar-refractivity contribution >= 4 is 29.9 Å². The summed E-state index contributed by atoms with van der Waals surface area (Å²) >= 11 is 0. The number of guanidine groups is 1. The molecule has 0 amide bonds. The van der Waals surface area contributed by atoms with E-state index in [0.717, 1.165) is 44.4 Å². The van der Waals surface area contributed by atoms with Gasteiger partial charge in [-0.1, -0.05) is 6.92 Å². The third-order valence-corrected chi connectivity index (χ3v) is 4.48. The lowest BCUT2D eigenvalue weighted by Gasteiger charge is -2.35. The largest absolute Gasteiger partial charge is 0.355 e. The van der Waals surface area contributed by atoms with Crippen molar-refractivity contribution in [3.05, 3.63) is 12.2 Å². The average molecular weight is 449 g/mol. The third-order valence-electron chi connectivity index (χ3n) is 4.48. The van der Waals surface area contributed by atoms with Gasteiger partial charge in [-0.25, -0.2) is 0 Å². The van der Waals surface area contributed by atoms with Gasteiger partial charge < -0.3 is 20.1 Å². The number of nitrogens with one attached hydrogen (secondary N) is 2. The summed E-state index contributed by atoms with van der Waals surface area (Å²) in [7, 11) is 1.83. The van der Waals surface area contributed by atoms with Crippen LogP contribution in [-0.2, 0) is 13.0 Å². The number of hydrogen-bond acceptors (Lipinski definition) is 4. The van der Waals surface area contributed by atoms with Crippen LogP contribution in [0.1, 0.15) is 39.4 Å². The minimum atomic E-state index is 0. The molecule has 0 aliphatic carbocycles. The first-order valence-electron chi connectivity index (χ1n) is 8.72. The zero-order valence-corrected chi connectivity index (χ0v) is 17.7. The van der Waals surface area contributed by atoms with Gasteiger partial charge in [0.25, 0.3) is 0 Å². The normalized spacial score (nSPS) is 17.0. The van der Waals surface area contributed by atoms with Gasteiger partial charge in [0.15, 0.2) is 5.96 Å². The van der Waals surface area contributed by atoms with Crippen molar-refractivity contribution in [2.24, 2.45) is 4.99 Å². The monoisotopic (exact) mass is 449 g/mol. The van der Waals surface area contributed by atoms with Crippen LogP contribution in [0.3, 0.4) is 0 Å². The van der Waals surface area contributed by atoms with Crippen LogP contribution in [0.2, 0.25) is 0 Å². The van der Waals surface area contributed by atoms with Crippen molar-refractivity contribution in [1.29, 1.82) is 0 Å². The molecule has 0 bridgehead atoms. The van der Waals surface area contributed by atoms with Crippen molar-refractivity contribution in [3.63, 3.8) is 0 Å². The zero-order chi connectivity index (χ0) is 16.7. The smallest absolute Gasteiger partial charge is 0.191 e. The van der Waals surface area contributed by atoms with E-state index in [1.54, 1.807) is 6.33 Å². The Morgan fingerprint density at radius 2 is 2.08 bits per heavy atom. The zero-order valence-electron chi connectivity index (χ0n) is 15.3. The van der Waals surface area contributed by atoms with Crippen LogP contribution in [0.5, 0.6) is 0 Å². The molecule has 0 saturated carbocycles. The number of aromatic nitrogens is 3. The van der Waals surface area contributed by atoms with Gasteiger partial charge in [0.2, 0.25) is 0 Å². The molecule has 0 aromatic carbocycles. The number of likely N-dealkylation sites (tertiary alicyclic amines) is 1. The lowest BCUT2D eigenvalue weighted by atomic mass is 10.0. The number of hydrogen-bond donors (Lipinski definition) is 2. The van der Waals surface area contributed by atoms with Gasteiger partial charge in [-0.05, 0) is 26.7 Å². The van der Waals surface area contributed by atoms with E-state index >= 15 is 0 Å². The molecule has 1 aromatic heterocycles. The van der Waals surface area contributed by atoms with Gasteiger partial charge >= 0.3 is 0 Å². The molecule has 0 radical (unpaired) electrons. The third kappa shape index (κ3) is 6.19. The lowest BCUT2D eigenvalue weighted by molar-refractivity contribution is 0.167. The molecule has 138 valence electrons. The number of nitrogens with zero attached hydrogens (tertiary/aromatic N) is 5. The molecule has 0 spiro atoms. The van der Waals surface area contributed by atoms with Crippen LogP contribution in [0.4, 0.5) is 0 Å². The van der Waals surface area contributed by atoms with Crippen molar-refractivity contribution in [1.82, 2.24) is 30.3 Å². The predicted octanol–water partition coefficient (Wildman–Crippen LogP) is 1.50. The predicted molar refractivity (Wildman–Crippen MR) is 109 cm³/mol. The number of aliphatic imine (C=N–C) groups is 1. The fraction of sp³-hybridized carbons (Fsp3) is 0.812. The van der Waals surface area contributed by atoms with Gasteiger partial charge in [-0.3, -0.25) is 4.99 Å². The first-order chi connectivity index (χ1) is 11.1. The molecule has 8 heteroatoms. The summed E-state index contributed by atoms with van der Waals surface area (Å²) in [6, 6.07) is 1.15. The Morgan fingerprint density at radius 3 is 2.67 bits per heavy atom. The Bertz CT molecular complexity index is 492. The van der Waals surface area contributed by atoms with E-state index in [9.17, 15) is 0 Å². The quantitative estimate of drug-likeness (QED) is 0.392. The highest BCUT2D eigenvalue weighted by Crippen LogP contribution is 2.12. The van der Waals surface area contributed by atoms with E-state index in [2.05, 4.69) is 56.1 Å². The van der Waals surface area contributed by atoms with Crippen molar-refractivity contribution in [3.8, 4) is 0 Å². The van der Waals surface area contributed by atoms with Crippen LogP contribution in [0.15, 0.2) is 11.3 Å². The van der Waals surface area contributed by atoms with Crippen LogP contribution < -0.4 is 10.6 Å². The van der Waals surface area contributed by atoms with Crippen molar-refractivity contribution in [2.45, 2.75) is 58.7 Å². The molecule has 2 rings (SSSR count). The second-order valence-electron chi connectivity index (χ2n) is 6.34. The number of halogens is 1. The van der Waals surface area contributed by atoms with Gasteiger partial charge in [-0.2, -0.15) is 0 Å². The lowest BCUT2D eigenvalue weighted by Crippen LogP contribution is -2.50. The number of piperidine rings is 1. The topological polar surface area (TPSA) is 70.4 Å². The van der Waals surface area contributed by atoms with Crippen LogP contribution >= 0.6 is 24.0 Å². The summed E-state index contributed by atoms with van der Waals surface area (Å²) in [5.74, 6) is 1.91. The maximum atomic E-state index is 4.34. The second-order valence-corrected chi connectivity index (χ2v) is 6.34. The molecule has 24 heavy (non-hydrogen) atoms. The van der Waals surface area contributed by atoms with E-state index in [1.807, 2.05) is 7.05 Å². The molecule has 2 N–H and O–H groups in total. The molecular formula is C16H32IN7. The molecule has 0 unspecified atom stereocenters. The Hall–Kier alpha value is -0.900. The Balaban J connectivity index is 0.00000288. The highest BCUT2D eigenvalue weighted by Gasteiger charge is 2.21. The Morgan fingerprint density at radius 1 is 1.38 bits per heavy atom. The molecule has 2 heterocycles. The van der Waals surface area contributed by atoms with Crippen LogP contribution in [-0.4, -0.2) is 64.4 Å². The first kappa shape index (κ1) is 21.1. The summed E-state index contributed by atoms with van der Waals surface area (Å²) in [5, 5.41) is 15.0. The molecule has 1 fully saturated rings. The standard InChI is InChI=1S/C16H31N7.HI/c1-5-15-21-19-12-23(15)11-8-18-16(17-4)20-14-6-9-22(10-7-14)13(2)3;/h12-14H,5-11H2,1-4H3,(H2,17,18,20);1H. The van der Waals surface area contributed by atoms with Crippen LogP contribution in [0, 0.1) is 0 Å². The SMILES string of the molecule is CCc1nncn1CCNC(=NC)NC1CCN(C(C)C)CC1.I. The fourth-order valence-electron chi connectivity index (χ4n) is 2.98. The Labute approximate surface area is 162 Å². The molecule has 0 atom stereocenters. The highest BCUT2D eigenvalue weighted by atomic mass is 127. The van der Waals surface area contributed by atoms with Crippen molar-refractivity contribution in [2.75, 3.05) is 26.7 Å². The molecule has 7 nitrogen and oxygen atoms in total. The van der Waals surface area contributed by atoms with Gasteiger partial charge in [0.1, 0.15) is 12.2 Å². The first-order valence-corrected chi connectivity index (χ1v) is 8.72. The molecule has 1 saturated heterocycles. The fourth-order valence-corrected chi connectivity index (χ4v) is 2.98.